The highest BCUT2D eigenvalue weighted by molar-refractivity contribution is 9.10. The highest BCUT2D eigenvalue weighted by Crippen LogP contribution is 2.35. The van der Waals surface area contributed by atoms with Crippen molar-refractivity contribution in [2.75, 3.05) is 19.3 Å². The van der Waals surface area contributed by atoms with E-state index in [0.29, 0.717) is 42.2 Å². The van der Waals surface area contributed by atoms with Gasteiger partial charge in [0, 0.05) is 24.6 Å². The van der Waals surface area contributed by atoms with Crippen molar-refractivity contribution < 1.29 is 18.9 Å². The summed E-state index contributed by atoms with van der Waals surface area (Å²) >= 11 is 2.40. The summed E-state index contributed by atoms with van der Waals surface area (Å²) in [6.45, 7) is 0.985. The van der Waals surface area contributed by atoms with Crippen LogP contribution in [-0.2, 0) is 11.2 Å². The number of rotatable bonds is 3. The molecule has 1 atom stereocenters. The fraction of sp³-hybridized carbons (Fsp3) is 0.375. The van der Waals surface area contributed by atoms with E-state index in [1.807, 2.05) is 24.3 Å². The fourth-order valence-corrected chi connectivity index (χ4v) is 3.79. The van der Waals surface area contributed by atoms with Gasteiger partial charge in [0.25, 0.3) is 0 Å². The molecule has 0 saturated carbocycles. The number of benzene rings is 1. The van der Waals surface area contributed by atoms with Crippen LogP contribution >= 0.6 is 15.9 Å². The van der Waals surface area contributed by atoms with E-state index in [0.717, 1.165) is 10.5 Å². The molecule has 0 bridgehead atoms. The number of likely N-dealkylation sites (tertiary alicyclic amines) is 1. The zero-order valence-corrected chi connectivity index (χ0v) is 15.5. The Morgan fingerprint density at radius 3 is 2.54 bits per heavy atom. The third-order valence-corrected chi connectivity index (χ3v) is 5.65. The van der Waals surface area contributed by atoms with Gasteiger partial charge < -0.3 is 19.0 Å². The molecule has 8 heteroatoms. The summed E-state index contributed by atoms with van der Waals surface area (Å²) in [6, 6.07) is 7.38. The van der Waals surface area contributed by atoms with Crippen molar-refractivity contribution in [3.05, 3.63) is 34.8 Å². The van der Waals surface area contributed by atoms with Gasteiger partial charge in [-0.15, -0.1) is 0 Å². The van der Waals surface area contributed by atoms with Crippen LogP contribution < -0.4 is 0 Å². The molecule has 0 spiro atoms. The molecule has 1 aromatic heterocycles. The molecule has 0 aliphatic carbocycles. The number of nitrogens with zero attached hydrogens (tertiary/aromatic N) is 2. The first-order chi connectivity index (χ1) is 11.5. The maximum Gasteiger partial charge on any atom is 0.407 e. The SMILES string of the molecule is C[S+]([O-])c1ccc(-c2nc(C3CCN(C(=O)O)CC3)oc2Br)cc1. The Morgan fingerprint density at radius 1 is 1.38 bits per heavy atom. The van der Waals surface area contributed by atoms with Gasteiger partial charge in [0.05, 0.1) is 0 Å². The Kier molecular flexibility index (Phi) is 5.17. The first-order valence-corrected chi connectivity index (χ1v) is 9.88. The molecule has 1 aliphatic heterocycles. The van der Waals surface area contributed by atoms with E-state index in [4.69, 9.17) is 9.52 Å². The average Bonchev–Trinajstić information content (AvgIpc) is 2.97. The number of carbonyl (C=O) groups is 1. The quantitative estimate of drug-likeness (QED) is 0.776. The summed E-state index contributed by atoms with van der Waals surface area (Å²) in [5.41, 5.74) is 1.59. The van der Waals surface area contributed by atoms with E-state index in [-0.39, 0.29) is 5.92 Å². The lowest BCUT2D eigenvalue weighted by atomic mass is 9.97. The lowest BCUT2D eigenvalue weighted by Crippen LogP contribution is -2.36. The Hall–Kier alpha value is -1.51. The van der Waals surface area contributed by atoms with Crippen molar-refractivity contribution in [3.63, 3.8) is 0 Å². The second-order valence-electron chi connectivity index (χ2n) is 5.70. The Morgan fingerprint density at radius 2 is 2.00 bits per heavy atom. The van der Waals surface area contributed by atoms with Gasteiger partial charge in [-0.3, -0.25) is 0 Å². The van der Waals surface area contributed by atoms with Crippen molar-refractivity contribution in [1.29, 1.82) is 0 Å². The number of amides is 1. The lowest BCUT2D eigenvalue weighted by Gasteiger charge is -2.28. The molecule has 2 heterocycles. The van der Waals surface area contributed by atoms with Crippen LogP contribution in [0.3, 0.4) is 0 Å². The van der Waals surface area contributed by atoms with Crippen LogP contribution in [0.4, 0.5) is 4.79 Å². The van der Waals surface area contributed by atoms with Crippen molar-refractivity contribution in [3.8, 4) is 11.3 Å². The Labute approximate surface area is 151 Å². The van der Waals surface area contributed by atoms with Gasteiger partial charge in [-0.2, -0.15) is 0 Å². The average molecular weight is 413 g/mol. The first kappa shape index (κ1) is 17.3. The van der Waals surface area contributed by atoms with Crippen LogP contribution in [0.5, 0.6) is 0 Å². The number of aromatic nitrogens is 1. The number of hydrogen-bond donors (Lipinski definition) is 1. The molecule has 1 aliphatic rings. The summed E-state index contributed by atoms with van der Waals surface area (Å²) < 4.78 is 17.8. The topological polar surface area (TPSA) is 89.6 Å². The minimum absolute atomic E-state index is 0.119. The largest absolute Gasteiger partial charge is 0.612 e. The number of piperidine rings is 1. The molecule has 1 amide bonds. The summed E-state index contributed by atoms with van der Waals surface area (Å²) in [5.74, 6) is 0.748. The summed E-state index contributed by atoms with van der Waals surface area (Å²) in [7, 11) is 0. The van der Waals surface area contributed by atoms with Crippen molar-refractivity contribution >= 4 is 33.2 Å². The third-order valence-electron chi connectivity index (χ3n) is 4.18. The van der Waals surface area contributed by atoms with Gasteiger partial charge >= 0.3 is 6.09 Å². The minimum Gasteiger partial charge on any atom is -0.612 e. The third kappa shape index (κ3) is 3.60. The fourth-order valence-electron chi connectivity index (χ4n) is 2.79. The molecule has 2 aromatic rings. The van der Waals surface area contributed by atoms with Gasteiger partial charge in [-0.05, 0) is 64.2 Å². The summed E-state index contributed by atoms with van der Waals surface area (Å²) in [5, 5.41) is 9.01. The zero-order valence-electron chi connectivity index (χ0n) is 13.1. The van der Waals surface area contributed by atoms with Crippen LogP contribution in [-0.4, -0.2) is 45.0 Å². The van der Waals surface area contributed by atoms with Gasteiger partial charge in [0.1, 0.15) is 11.9 Å². The first-order valence-electron chi connectivity index (χ1n) is 7.53. The zero-order chi connectivity index (χ0) is 17.3. The van der Waals surface area contributed by atoms with E-state index < -0.39 is 17.3 Å². The summed E-state index contributed by atoms with van der Waals surface area (Å²) in [6.07, 6.45) is 2.16. The molecule has 1 N–H and O–H groups in total. The van der Waals surface area contributed by atoms with E-state index in [1.54, 1.807) is 6.26 Å². The molecule has 1 saturated heterocycles. The molecular formula is C16H17BrN2O4S. The molecule has 1 fully saturated rings. The van der Waals surface area contributed by atoms with Gasteiger partial charge in [0.2, 0.25) is 0 Å². The van der Waals surface area contributed by atoms with E-state index in [1.165, 1.54) is 4.90 Å². The highest BCUT2D eigenvalue weighted by atomic mass is 79.9. The van der Waals surface area contributed by atoms with Gasteiger partial charge in [0.15, 0.2) is 15.5 Å². The van der Waals surface area contributed by atoms with Crippen LogP contribution in [0.15, 0.2) is 38.2 Å². The molecule has 1 unspecified atom stereocenters. The van der Waals surface area contributed by atoms with Crippen LogP contribution in [0.1, 0.15) is 24.7 Å². The molecule has 1 aromatic carbocycles. The van der Waals surface area contributed by atoms with Crippen LogP contribution in [0.25, 0.3) is 11.3 Å². The number of carboxylic acid groups (broad SMARTS) is 1. The molecule has 6 nitrogen and oxygen atoms in total. The Bertz CT molecular complexity index is 724. The van der Waals surface area contributed by atoms with E-state index in [2.05, 4.69) is 20.9 Å². The van der Waals surface area contributed by atoms with Gasteiger partial charge in [-0.1, -0.05) is 0 Å². The summed E-state index contributed by atoms with van der Waals surface area (Å²) in [4.78, 5) is 17.7. The van der Waals surface area contributed by atoms with E-state index in [9.17, 15) is 9.35 Å². The van der Waals surface area contributed by atoms with Crippen molar-refractivity contribution in [1.82, 2.24) is 9.88 Å². The van der Waals surface area contributed by atoms with Crippen LogP contribution in [0, 0.1) is 0 Å². The molecule has 0 radical (unpaired) electrons. The molecule has 24 heavy (non-hydrogen) atoms. The molecule has 128 valence electrons. The van der Waals surface area contributed by atoms with Crippen molar-refractivity contribution in [2.24, 2.45) is 0 Å². The molecular weight excluding hydrogens is 396 g/mol. The van der Waals surface area contributed by atoms with E-state index >= 15 is 0 Å². The standard InChI is InChI=1S/C16H17BrN2O4S/c1-24(22)12-4-2-10(3-5-12)13-14(17)23-15(18-13)11-6-8-19(9-7-11)16(20)21/h2-5,11H,6-9H2,1H3,(H,20,21). The second-order valence-corrected chi connectivity index (χ2v) is 7.80. The number of hydrogen-bond acceptors (Lipinski definition) is 4. The number of oxazole rings is 1. The minimum atomic E-state index is -1.01. The highest BCUT2D eigenvalue weighted by Gasteiger charge is 2.27. The second kappa shape index (κ2) is 7.16. The lowest BCUT2D eigenvalue weighted by molar-refractivity contribution is 0.129. The van der Waals surface area contributed by atoms with Crippen LogP contribution in [0.2, 0.25) is 0 Å². The maximum atomic E-state index is 11.5. The predicted molar refractivity (Wildman–Crippen MR) is 93.5 cm³/mol. The maximum absolute atomic E-state index is 11.5. The number of halogens is 1. The monoisotopic (exact) mass is 412 g/mol. The van der Waals surface area contributed by atoms with Crippen molar-refractivity contribution in [2.45, 2.75) is 23.7 Å². The van der Waals surface area contributed by atoms with Gasteiger partial charge in [-0.25, -0.2) is 9.78 Å². The normalized spacial score (nSPS) is 17.0. The predicted octanol–water partition coefficient (Wildman–Crippen LogP) is 3.70. The smallest absolute Gasteiger partial charge is 0.407 e. The molecule has 3 rings (SSSR count). The Balaban J connectivity index is 1.77.